The van der Waals surface area contributed by atoms with E-state index >= 15 is 0 Å². The Bertz CT molecular complexity index is 1010. The number of aliphatic hydroxyl groups is 1. The number of halogens is 2. The number of hydrogen-bond donors (Lipinski definition) is 3. The third kappa shape index (κ3) is 4.31. The van der Waals surface area contributed by atoms with Crippen LogP contribution in [0.15, 0.2) is 33.7 Å². The Morgan fingerprint density at radius 2 is 2.10 bits per heavy atom. The van der Waals surface area contributed by atoms with Crippen LogP contribution in [-0.2, 0) is 23.4 Å². The molecule has 0 amide bonds. The van der Waals surface area contributed by atoms with Gasteiger partial charge in [-0.25, -0.2) is 22.1 Å². The van der Waals surface area contributed by atoms with Gasteiger partial charge in [-0.15, -0.1) is 0 Å². The van der Waals surface area contributed by atoms with Crippen LogP contribution in [0.2, 0.25) is 0 Å². The molecule has 3 atom stereocenters. The summed E-state index contributed by atoms with van der Waals surface area (Å²) in [5.41, 5.74) is 1.56. The fraction of sp³-hybridized carbons (Fsp3) is 0.500. The molecule has 3 rings (SSSR count). The fourth-order valence-corrected chi connectivity index (χ4v) is 6.05. The van der Waals surface area contributed by atoms with Crippen molar-refractivity contribution in [3.63, 3.8) is 0 Å². The molecule has 0 bridgehead atoms. The Hall–Kier alpha value is -1.97. The lowest BCUT2D eigenvalue weighted by Gasteiger charge is -2.21. The first-order valence-corrected chi connectivity index (χ1v) is 11.3. The van der Waals surface area contributed by atoms with E-state index in [-0.39, 0.29) is 17.6 Å². The molecule has 0 radical (unpaired) electrons. The molecule has 0 fully saturated rings. The predicted octanol–water partition coefficient (Wildman–Crippen LogP) is 3.73. The standard InChI is InChI=1S/C20H28F2N4O2S/c1-5-23-29(28)18-11-26(4)19(14(18)7-9-17(25-29)12(2)3)20(27)24-13-6-8-15(21)16(22)10-13/h6,8,10-12,17,20,24,27H,5,7,9H2,1-4H3,(H,23,25,28)/t17-,20?,29?/m1/s1. The molecule has 2 unspecified atom stereocenters. The van der Waals surface area contributed by atoms with Gasteiger partial charge >= 0.3 is 0 Å². The van der Waals surface area contributed by atoms with Gasteiger partial charge in [0.1, 0.15) is 9.92 Å². The van der Waals surface area contributed by atoms with Gasteiger partial charge in [0.05, 0.1) is 10.6 Å². The molecule has 1 aromatic carbocycles. The molecule has 1 aromatic heterocycles. The van der Waals surface area contributed by atoms with Crippen molar-refractivity contribution in [2.75, 3.05) is 11.9 Å². The molecule has 160 valence electrons. The summed E-state index contributed by atoms with van der Waals surface area (Å²) in [6.45, 7) is 6.38. The Kier molecular flexibility index (Phi) is 6.30. The van der Waals surface area contributed by atoms with Crippen molar-refractivity contribution in [3.05, 3.63) is 47.3 Å². The minimum Gasteiger partial charge on any atom is -0.368 e. The van der Waals surface area contributed by atoms with E-state index in [4.69, 9.17) is 0 Å². The highest BCUT2D eigenvalue weighted by Crippen LogP contribution is 2.33. The maximum absolute atomic E-state index is 13.7. The number of aromatic nitrogens is 1. The minimum atomic E-state index is -2.84. The third-order valence-electron chi connectivity index (χ3n) is 5.21. The number of benzene rings is 1. The van der Waals surface area contributed by atoms with Crippen molar-refractivity contribution < 1.29 is 18.1 Å². The Morgan fingerprint density at radius 1 is 1.38 bits per heavy atom. The molecular formula is C20H28F2N4O2S. The van der Waals surface area contributed by atoms with Crippen LogP contribution in [0.1, 0.15) is 44.7 Å². The van der Waals surface area contributed by atoms with E-state index in [9.17, 15) is 18.1 Å². The van der Waals surface area contributed by atoms with Crippen molar-refractivity contribution >= 4 is 15.6 Å². The quantitative estimate of drug-likeness (QED) is 0.638. The lowest BCUT2D eigenvalue weighted by molar-refractivity contribution is 0.198. The second kappa shape index (κ2) is 8.41. The first kappa shape index (κ1) is 21.7. The van der Waals surface area contributed by atoms with Crippen LogP contribution >= 0.6 is 0 Å². The number of rotatable bonds is 5. The fourth-order valence-electron chi connectivity index (χ4n) is 3.71. The number of aliphatic hydroxyl groups excluding tert-OH is 1. The van der Waals surface area contributed by atoms with E-state index in [0.717, 1.165) is 24.1 Å². The van der Waals surface area contributed by atoms with Crippen molar-refractivity contribution in [2.45, 2.75) is 50.8 Å². The van der Waals surface area contributed by atoms with E-state index in [2.05, 4.69) is 28.2 Å². The van der Waals surface area contributed by atoms with Gasteiger partial charge in [-0.2, -0.15) is 0 Å². The van der Waals surface area contributed by atoms with Crippen LogP contribution in [0.4, 0.5) is 14.5 Å². The Labute approximate surface area is 170 Å². The summed E-state index contributed by atoms with van der Waals surface area (Å²) in [5.74, 6) is -1.68. The molecule has 0 saturated heterocycles. The molecule has 0 spiro atoms. The summed E-state index contributed by atoms with van der Waals surface area (Å²) in [6.07, 6.45) is 1.91. The maximum atomic E-state index is 13.7. The normalized spacial score (nSPS) is 22.8. The van der Waals surface area contributed by atoms with Crippen molar-refractivity contribution in [1.82, 2.24) is 9.29 Å². The van der Waals surface area contributed by atoms with Crippen LogP contribution in [0.25, 0.3) is 0 Å². The number of anilines is 1. The van der Waals surface area contributed by atoms with Crippen molar-refractivity contribution in [1.29, 1.82) is 0 Å². The molecule has 0 aliphatic carbocycles. The Morgan fingerprint density at radius 3 is 2.72 bits per heavy atom. The third-order valence-corrected chi connectivity index (χ3v) is 7.40. The summed E-state index contributed by atoms with van der Waals surface area (Å²) in [5, 5.41) is 13.6. The second-order valence-electron chi connectivity index (χ2n) is 7.62. The van der Waals surface area contributed by atoms with Gasteiger partial charge in [0.25, 0.3) is 0 Å². The van der Waals surface area contributed by atoms with Gasteiger partial charge in [0.2, 0.25) is 0 Å². The summed E-state index contributed by atoms with van der Waals surface area (Å²) in [6, 6.07) is 3.38. The monoisotopic (exact) mass is 426 g/mol. The Balaban J connectivity index is 2.03. The van der Waals surface area contributed by atoms with Gasteiger partial charge in [-0.3, -0.25) is 0 Å². The topological polar surface area (TPSA) is 78.7 Å². The number of nitrogens with one attached hydrogen (secondary N) is 2. The molecule has 3 N–H and O–H groups in total. The van der Waals surface area contributed by atoms with E-state index in [0.29, 0.717) is 23.6 Å². The average molecular weight is 427 g/mol. The van der Waals surface area contributed by atoms with Gasteiger partial charge in [0.15, 0.2) is 17.9 Å². The first-order chi connectivity index (χ1) is 13.7. The maximum Gasteiger partial charge on any atom is 0.166 e. The van der Waals surface area contributed by atoms with Crippen molar-refractivity contribution in [3.8, 4) is 0 Å². The molecule has 9 heteroatoms. The zero-order valence-electron chi connectivity index (χ0n) is 17.1. The predicted molar refractivity (Wildman–Crippen MR) is 110 cm³/mol. The molecule has 2 heterocycles. The summed E-state index contributed by atoms with van der Waals surface area (Å²) < 4.78 is 49.8. The highest BCUT2D eigenvalue weighted by molar-refractivity contribution is 7.91. The number of hydrogen-bond acceptors (Lipinski definition) is 4. The number of nitrogens with zero attached hydrogens (tertiary/aromatic N) is 2. The largest absolute Gasteiger partial charge is 0.368 e. The lowest BCUT2D eigenvalue weighted by atomic mass is 9.97. The minimum absolute atomic E-state index is 0.0275. The zero-order valence-corrected chi connectivity index (χ0v) is 17.9. The van der Waals surface area contributed by atoms with Gasteiger partial charge in [-0.1, -0.05) is 13.8 Å². The zero-order chi connectivity index (χ0) is 21.3. The smallest absolute Gasteiger partial charge is 0.166 e. The van der Waals surface area contributed by atoms with E-state index in [1.54, 1.807) is 17.8 Å². The van der Waals surface area contributed by atoms with Crippen LogP contribution < -0.4 is 10.0 Å². The number of fused-ring (bicyclic) bond motifs is 1. The highest BCUT2D eigenvalue weighted by Gasteiger charge is 2.32. The first-order valence-electron chi connectivity index (χ1n) is 9.74. The van der Waals surface area contributed by atoms with E-state index in [1.807, 2.05) is 6.92 Å². The second-order valence-corrected chi connectivity index (χ2v) is 9.61. The molecule has 0 saturated carbocycles. The van der Waals surface area contributed by atoms with E-state index in [1.165, 1.54) is 6.07 Å². The molecular weight excluding hydrogens is 398 g/mol. The highest BCUT2D eigenvalue weighted by atomic mass is 32.2. The van der Waals surface area contributed by atoms with Crippen molar-refractivity contribution in [2.24, 2.45) is 17.3 Å². The molecule has 1 aliphatic rings. The SMILES string of the molecule is CCN=S1(=O)N[C@@H](C(C)C)CCc2c1cn(C)c2C(O)Nc1ccc(F)c(F)c1. The van der Waals surface area contributed by atoms with Crippen LogP contribution in [0.5, 0.6) is 0 Å². The van der Waals surface area contributed by atoms with Crippen LogP contribution in [-0.4, -0.2) is 26.5 Å². The number of aryl methyl sites for hydroxylation is 1. The van der Waals surface area contributed by atoms with E-state index < -0.39 is 27.8 Å². The summed E-state index contributed by atoms with van der Waals surface area (Å²) in [4.78, 5) is 0.575. The van der Waals surface area contributed by atoms with Gasteiger partial charge in [-0.05, 0) is 43.4 Å². The van der Waals surface area contributed by atoms with Gasteiger partial charge in [0, 0.05) is 37.6 Å². The van der Waals surface area contributed by atoms with Gasteiger partial charge < -0.3 is 15.0 Å². The summed E-state index contributed by atoms with van der Waals surface area (Å²) >= 11 is 0. The molecule has 29 heavy (non-hydrogen) atoms. The average Bonchev–Trinajstić information content (AvgIpc) is 2.92. The molecule has 2 aromatic rings. The summed E-state index contributed by atoms with van der Waals surface area (Å²) in [7, 11) is -1.09. The van der Waals surface area contributed by atoms with Crippen LogP contribution in [0.3, 0.4) is 0 Å². The molecule has 1 aliphatic heterocycles. The molecule has 6 nitrogen and oxygen atoms in total. The lowest BCUT2D eigenvalue weighted by Crippen LogP contribution is -2.37. The van der Waals surface area contributed by atoms with Crippen LogP contribution in [0, 0.1) is 17.6 Å².